The van der Waals surface area contributed by atoms with E-state index in [1.54, 1.807) is 0 Å². The Bertz CT molecular complexity index is 593. The molecule has 1 heterocycles. The molecule has 1 aliphatic heterocycles. The van der Waals surface area contributed by atoms with E-state index < -0.39 is 0 Å². The van der Waals surface area contributed by atoms with Crippen molar-refractivity contribution < 1.29 is 0 Å². The monoisotopic (exact) mass is 211 g/mol. The standard InChI is InChI=1S/C14H15N2/c1-16-13-9-4-2-3-7-11(13)15-12-8-5-6-10-14(12)16/h2,4-6,8-11H,3,7H2,1H3/q+1. The van der Waals surface area contributed by atoms with E-state index in [-0.39, 0.29) is 0 Å². The number of allylic oxidation sites excluding steroid dienone is 3. The van der Waals surface area contributed by atoms with E-state index in [4.69, 9.17) is 4.99 Å². The molecular weight excluding hydrogens is 196 g/mol. The summed E-state index contributed by atoms with van der Waals surface area (Å²) in [6, 6.07) is 8.68. The molecule has 2 aliphatic rings. The van der Waals surface area contributed by atoms with Crippen molar-refractivity contribution in [1.29, 1.82) is 0 Å². The van der Waals surface area contributed by atoms with E-state index in [1.807, 2.05) is 0 Å². The molecule has 3 rings (SSSR count). The Morgan fingerprint density at radius 3 is 3.12 bits per heavy atom. The highest BCUT2D eigenvalue weighted by atomic mass is 15.1. The van der Waals surface area contributed by atoms with Crippen molar-refractivity contribution in [3.63, 3.8) is 0 Å². The number of fused-ring (bicyclic) bond motifs is 2. The highest BCUT2D eigenvalue weighted by Gasteiger charge is 2.25. The minimum Gasteiger partial charge on any atom is -0.264 e. The number of para-hydroxylation sites is 2. The van der Waals surface area contributed by atoms with E-state index in [0.717, 1.165) is 18.2 Å². The molecule has 0 radical (unpaired) electrons. The summed E-state index contributed by atoms with van der Waals surface area (Å²) in [6.45, 7) is 0. The number of benzene rings is 1. The van der Waals surface area contributed by atoms with Gasteiger partial charge in [-0.25, -0.2) is 0 Å². The van der Waals surface area contributed by atoms with Gasteiger partial charge in [-0.1, -0.05) is 24.3 Å². The van der Waals surface area contributed by atoms with E-state index in [9.17, 15) is 0 Å². The van der Waals surface area contributed by atoms with Gasteiger partial charge in [0.25, 0.3) is 0 Å². The van der Waals surface area contributed by atoms with Crippen LogP contribution in [-0.2, 0) is 0 Å². The smallest absolute Gasteiger partial charge is 0.230 e. The normalized spacial score (nSPS) is 22.7. The predicted octanol–water partition coefficient (Wildman–Crippen LogP) is 1.04. The average Bonchev–Trinajstić information content (AvgIpc) is 2.55. The van der Waals surface area contributed by atoms with Crippen molar-refractivity contribution in [2.24, 2.45) is 4.99 Å². The number of hydrogen-bond acceptors (Lipinski definition) is 1. The lowest BCUT2D eigenvalue weighted by Gasteiger charge is -2.13. The summed E-state index contributed by atoms with van der Waals surface area (Å²) in [4.78, 5) is 4.83. The van der Waals surface area contributed by atoms with E-state index in [1.165, 1.54) is 11.1 Å². The highest BCUT2D eigenvalue weighted by Crippen LogP contribution is 2.16. The molecule has 0 amide bonds. The Hall–Kier alpha value is -1.70. The van der Waals surface area contributed by atoms with Gasteiger partial charge >= 0.3 is 0 Å². The molecule has 2 nitrogen and oxygen atoms in total. The summed E-state index contributed by atoms with van der Waals surface area (Å²) in [5, 5.41) is 2.33. The highest BCUT2D eigenvalue weighted by molar-refractivity contribution is 5.23. The van der Waals surface area contributed by atoms with Crippen molar-refractivity contribution in [3.8, 4) is 0 Å². The van der Waals surface area contributed by atoms with Gasteiger partial charge in [0.05, 0.1) is 0 Å². The summed E-state index contributed by atoms with van der Waals surface area (Å²) in [7, 11) is 2.13. The zero-order chi connectivity index (χ0) is 11.0. The van der Waals surface area contributed by atoms with Crippen LogP contribution in [0.1, 0.15) is 12.8 Å². The van der Waals surface area contributed by atoms with Crippen LogP contribution in [0.5, 0.6) is 0 Å². The van der Waals surface area contributed by atoms with Crippen molar-refractivity contribution >= 4 is 0 Å². The van der Waals surface area contributed by atoms with Crippen LogP contribution in [0.15, 0.2) is 53.2 Å². The fourth-order valence-corrected chi connectivity index (χ4v) is 2.41. The zero-order valence-electron chi connectivity index (χ0n) is 9.43. The molecule has 1 aliphatic carbocycles. The van der Waals surface area contributed by atoms with Crippen LogP contribution < -0.4 is 15.3 Å². The van der Waals surface area contributed by atoms with Crippen molar-refractivity contribution in [2.75, 3.05) is 7.05 Å². The minimum absolute atomic E-state index is 0.329. The van der Waals surface area contributed by atoms with Crippen LogP contribution in [0.4, 0.5) is 0 Å². The van der Waals surface area contributed by atoms with Gasteiger partial charge < -0.3 is 0 Å². The molecule has 2 heteroatoms. The molecule has 1 aromatic carbocycles. The second-order valence-electron chi connectivity index (χ2n) is 4.29. The molecule has 0 aromatic heterocycles. The molecule has 1 unspecified atom stereocenters. The molecule has 0 bridgehead atoms. The molecule has 0 spiro atoms. The van der Waals surface area contributed by atoms with Gasteiger partial charge in [0, 0.05) is 12.1 Å². The van der Waals surface area contributed by atoms with Crippen LogP contribution in [0.3, 0.4) is 0 Å². The Labute approximate surface area is 95.0 Å². The molecule has 0 saturated carbocycles. The van der Waals surface area contributed by atoms with Gasteiger partial charge in [0.15, 0.2) is 0 Å². The van der Waals surface area contributed by atoms with Crippen molar-refractivity contribution in [2.45, 2.75) is 18.9 Å². The first-order valence-electron chi connectivity index (χ1n) is 5.76. The zero-order valence-corrected chi connectivity index (χ0v) is 9.43. The third-order valence-corrected chi connectivity index (χ3v) is 3.28. The lowest BCUT2D eigenvalue weighted by atomic mass is 10.1. The Morgan fingerprint density at radius 1 is 1.31 bits per heavy atom. The second-order valence-corrected chi connectivity index (χ2v) is 4.29. The topological polar surface area (TPSA) is 15.4 Å². The molecule has 0 saturated heterocycles. The van der Waals surface area contributed by atoms with Gasteiger partial charge in [-0.3, -0.25) is 4.99 Å². The van der Waals surface area contributed by atoms with Crippen molar-refractivity contribution in [1.82, 2.24) is 4.58 Å². The predicted molar refractivity (Wildman–Crippen MR) is 64.6 cm³/mol. The van der Waals surface area contributed by atoms with Gasteiger partial charge in [0.1, 0.15) is 18.4 Å². The molecule has 1 aromatic rings. The maximum Gasteiger partial charge on any atom is 0.230 e. The van der Waals surface area contributed by atoms with Crippen LogP contribution in [0.25, 0.3) is 0 Å². The third kappa shape index (κ3) is 1.42. The summed E-state index contributed by atoms with van der Waals surface area (Å²) in [5.41, 5.74) is 1.31. The molecule has 0 N–H and O–H groups in total. The Kier molecular flexibility index (Phi) is 2.21. The largest absolute Gasteiger partial charge is 0.264 e. The summed E-state index contributed by atoms with van der Waals surface area (Å²) in [6.07, 6.45) is 8.79. The maximum absolute atomic E-state index is 4.83. The van der Waals surface area contributed by atoms with Gasteiger partial charge in [-0.2, -0.15) is 4.58 Å². The lowest BCUT2D eigenvalue weighted by molar-refractivity contribution is 0.586. The van der Waals surface area contributed by atoms with Gasteiger partial charge in [-0.05, 0) is 18.9 Å². The maximum atomic E-state index is 4.83. The summed E-state index contributed by atoms with van der Waals surface area (Å²) in [5.74, 6) is 0. The SMILES string of the molecule is C[N+]1=c2ccccc2=NC2CCC=CC=C21. The van der Waals surface area contributed by atoms with E-state index >= 15 is 0 Å². The second kappa shape index (κ2) is 3.71. The number of hydrogen-bond donors (Lipinski definition) is 0. The molecule has 16 heavy (non-hydrogen) atoms. The third-order valence-electron chi connectivity index (χ3n) is 3.28. The van der Waals surface area contributed by atoms with Gasteiger partial charge in [-0.15, -0.1) is 0 Å². The number of nitrogens with zero attached hydrogens (tertiary/aromatic N) is 2. The first kappa shape index (κ1) is 9.52. The quantitative estimate of drug-likeness (QED) is 0.570. The molecule has 1 atom stereocenters. The van der Waals surface area contributed by atoms with Crippen LogP contribution in [0.2, 0.25) is 0 Å². The van der Waals surface area contributed by atoms with Gasteiger partial charge in [0.2, 0.25) is 11.1 Å². The number of rotatable bonds is 0. The molecular formula is C14H15N2+. The first-order chi connectivity index (χ1) is 7.86. The molecule has 0 fully saturated rings. The van der Waals surface area contributed by atoms with E-state index in [0.29, 0.717) is 6.04 Å². The van der Waals surface area contributed by atoms with Crippen LogP contribution in [-0.4, -0.2) is 13.1 Å². The fraction of sp³-hybridized carbons (Fsp3) is 0.286. The lowest BCUT2D eigenvalue weighted by Crippen LogP contribution is -2.44. The summed E-state index contributed by atoms with van der Waals surface area (Å²) < 4.78 is 2.27. The van der Waals surface area contributed by atoms with Crippen molar-refractivity contribution in [3.05, 3.63) is 58.9 Å². The van der Waals surface area contributed by atoms with Crippen LogP contribution >= 0.6 is 0 Å². The van der Waals surface area contributed by atoms with Crippen LogP contribution in [0, 0.1) is 0 Å². The average molecular weight is 211 g/mol. The fourth-order valence-electron chi connectivity index (χ4n) is 2.41. The Morgan fingerprint density at radius 2 is 2.19 bits per heavy atom. The summed E-state index contributed by atoms with van der Waals surface area (Å²) >= 11 is 0. The van der Waals surface area contributed by atoms with E-state index in [2.05, 4.69) is 54.1 Å². The Balaban J connectivity index is 2.31. The molecule has 80 valence electrons. The minimum atomic E-state index is 0.329. The first-order valence-corrected chi connectivity index (χ1v) is 5.76. The number of likely N-dealkylation sites (N-methyl/N-ethyl adjacent to an activating group) is 1.